The van der Waals surface area contributed by atoms with E-state index in [0.717, 1.165) is 16.8 Å². The van der Waals surface area contributed by atoms with Crippen LogP contribution in [0.4, 0.5) is 11.8 Å². The van der Waals surface area contributed by atoms with E-state index in [1.165, 1.54) is 24.3 Å². The summed E-state index contributed by atoms with van der Waals surface area (Å²) in [6.07, 6.45) is 4.21. The second kappa shape index (κ2) is 6.44. The highest BCUT2D eigenvalue weighted by Crippen LogP contribution is 2.25. The highest BCUT2D eigenvalue weighted by molar-refractivity contribution is 9.10. The summed E-state index contributed by atoms with van der Waals surface area (Å²) in [5.74, 6) is 4.05. The number of aromatic nitrogens is 2. The van der Waals surface area contributed by atoms with Crippen molar-refractivity contribution in [2.24, 2.45) is 0 Å². The lowest BCUT2D eigenvalue weighted by Crippen LogP contribution is -2.25. The highest BCUT2D eigenvalue weighted by Gasteiger charge is 2.15. The van der Waals surface area contributed by atoms with Crippen molar-refractivity contribution < 1.29 is 0 Å². The molecular formula is C11H17BrN4S. The van der Waals surface area contributed by atoms with E-state index >= 15 is 0 Å². The maximum Gasteiger partial charge on any atom is 0.224 e. The Morgan fingerprint density at radius 3 is 2.94 bits per heavy atom. The Morgan fingerprint density at radius 2 is 2.24 bits per heavy atom. The third kappa shape index (κ3) is 3.74. The topological polar surface area (TPSA) is 49.8 Å². The molecule has 0 aromatic carbocycles. The minimum absolute atomic E-state index is 0.539. The fraction of sp³-hybridized carbons (Fsp3) is 0.636. The normalized spacial score (nSPS) is 16.8. The Bertz CT molecular complexity index is 368. The molecule has 4 nitrogen and oxygen atoms in total. The predicted molar refractivity (Wildman–Crippen MR) is 77.9 cm³/mol. The first-order chi connectivity index (χ1) is 8.29. The third-order valence-electron chi connectivity index (χ3n) is 2.64. The van der Waals surface area contributed by atoms with Gasteiger partial charge in [-0.3, -0.25) is 0 Å². The van der Waals surface area contributed by atoms with Crippen molar-refractivity contribution in [2.75, 3.05) is 28.7 Å². The van der Waals surface area contributed by atoms with Crippen molar-refractivity contribution in [3.05, 3.63) is 10.7 Å². The second-order valence-corrected chi connectivity index (χ2v) is 6.03. The van der Waals surface area contributed by atoms with Crippen LogP contribution >= 0.6 is 27.7 Å². The van der Waals surface area contributed by atoms with E-state index < -0.39 is 0 Å². The zero-order valence-electron chi connectivity index (χ0n) is 9.87. The molecule has 17 heavy (non-hydrogen) atoms. The third-order valence-corrected chi connectivity index (χ3v) is 4.27. The molecule has 0 saturated carbocycles. The molecule has 1 aliphatic rings. The largest absolute Gasteiger partial charge is 0.366 e. The lowest BCUT2D eigenvalue weighted by atomic mass is 10.1. The van der Waals surface area contributed by atoms with Crippen molar-refractivity contribution in [3.63, 3.8) is 0 Å². The Hall–Kier alpha value is -0.490. The summed E-state index contributed by atoms with van der Waals surface area (Å²) in [6, 6.07) is 0.539. The van der Waals surface area contributed by atoms with Crippen molar-refractivity contribution >= 4 is 39.5 Å². The number of nitrogens with one attached hydrogen (secondary N) is 2. The molecule has 0 bridgehead atoms. The fourth-order valence-corrected chi connectivity index (χ4v) is 3.16. The Morgan fingerprint density at radius 1 is 1.47 bits per heavy atom. The molecule has 0 unspecified atom stereocenters. The van der Waals surface area contributed by atoms with Crippen LogP contribution in [-0.4, -0.2) is 34.1 Å². The van der Waals surface area contributed by atoms with E-state index in [9.17, 15) is 0 Å². The molecule has 2 heterocycles. The summed E-state index contributed by atoms with van der Waals surface area (Å²) in [4.78, 5) is 8.68. The average molecular weight is 317 g/mol. The van der Waals surface area contributed by atoms with Crippen molar-refractivity contribution in [1.82, 2.24) is 9.97 Å². The molecule has 1 fully saturated rings. The molecular weight excluding hydrogens is 300 g/mol. The number of rotatable bonds is 4. The maximum absolute atomic E-state index is 4.47. The summed E-state index contributed by atoms with van der Waals surface area (Å²) in [6.45, 7) is 2.87. The van der Waals surface area contributed by atoms with E-state index in [-0.39, 0.29) is 0 Å². The molecule has 2 N–H and O–H groups in total. The molecule has 0 radical (unpaired) electrons. The van der Waals surface area contributed by atoms with Gasteiger partial charge in [-0.25, -0.2) is 4.98 Å². The first kappa shape index (κ1) is 13.0. The lowest BCUT2D eigenvalue weighted by molar-refractivity contribution is 0.663. The summed E-state index contributed by atoms with van der Waals surface area (Å²) in [5.41, 5.74) is 0. The number of hydrogen-bond donors (Lipinski definition) is 2. The Balaban J connectivity index is 2.04. The van der Waals surface area contributed by atoms with Gasteiger partial charge in [-0.1, -0.05) is 0 Å². The van der Waals surface area contributed by atoms with Crippen LogP contribution in [-0.2, 0) is 0 Å². The van der Waals surface area contributed by atoms with E-state index in [0.29, 0.717) is 12.0 Å². The predicted octanol–water partition coefficient (Wildman–Crippen LogP) is 2.98. The number of hydrogen-bond acceptors (Lipinski definition) is 5. The van der Waals surface area contributed by atoms with Crippen LogP contribution in [0, 0.1) is 0 Å². The first-order valence-electron chi connectivity index (χ1n) is 5.90. The first-order valence-corrected chi connectivity index (χ1v) is 7.85. The van der Waals surface area contributed by atoms with Crippen LogP contribution in [0.5, 0.6) is 0 Å². The van der Waals surface area contributed by atoms with Crippen LogP contribution in [0.15, 0.2) is 10.7 Å². The van der Waals surface area contributed by atoms with E-state index in [1.54, 1.807) is 6.20 Å². The van der Waals surface area contributed by atoms with Gasteiger partial charge in [0.1, 0.15) is 5.82 Å². The molecule has 0 atom stereocenters. The second-order valence-electron chi connectivity index (χ2n) is 3.95. The lowest BCUT2D eigenvalue weighted by Gasteiger charge is -2.23. The van der Waals surface area contributed by atoms with Crippen LogP contribution in [0.1, 0.15) is 19.8 Å². The van der Waals surface area contributed by atoms with Gasteiger partial charge in [-0.05, 0) is 47.2 Å². The number of thioether (sulfide) groups is 1. The summed E-state index contributed by atoms with van der Waals surface area (Å²) >= 11 is 5.52. The molecule has 2 rings (SSSR count). The van der Waals surface area contributed by atoms with Gasteiger partial charge in [0.05, 0.1) is 4.47 Å². The van der Waals surface area contributed by atoms with E-state index in [2.05, 4.69) is 36.5 Å². The van der Waals surface area contributed by atoms with Gasteiger partial charge in [0, 0.05) is 18.8 Å². The molecule has 1 aromatic rings. The van der Waals surface area contributed by atoms with E-state index in [1.807, 2.05) is 18.7 Å². The van der Waals surface area contributed by atoms with Crippen LogP contribution < -0.4 is 10.6 Å². The van der Waals surface area contributed by atoms with Gasteiger partial charge >= 0.3 is 0 Å². The number of nitrogens with zero attached hydrogens (tertiary/aromatic N) is 2. The Kier molecular flexibility index (Phi) is 4.91. The van der Waals surface area contributed by atoms with Gasteiger partial charge in [0.2, 0.25) is 5.95 Å². The van der Waals surface area contributed by atoms with Crippen molar-refractivity contribution in [2.45, 2.75) is 25.8 Å². The minimum atomic E-state index is 0.539. The van der Waals surface area contributed by atoms with Gasteiger partial charge in [0.15, 0.2) is 0 Å². The number of anilines is 2. The van der Waals surface area contributed by atoms with E-state index in [4.69, 9.17) is 0 Å². The maximum atomic E-state index is 4.47. The van der Waals surface area contributed by atoms with Crippen LogP contribution in [0.2, 0.25) is 0 Å². The monoisotopic (exact) mass is 316 g/mol. The van der Waals surface area contributed by atoms with Crippen LogP contribution in [0.25, 0.3) is 0 Å². The minimum Gasteiger partial charge on any atom is -0.366 e. The SMILES string of the molecule is CCNc1ncc(Br)c(NC2CCSCC2)n1. The quantitative estimate of drug-likeness (QED) is 0.894. The highest BCUT2D eigenvalue weighted by atomic mass is 79.9. The summed E-state index contributed by atoms with van der Waals surface area (Å²) in [7, 11) is 0. The van der Waals surface area contributed by atoms with Gasteiger partial charge in [-0.2, -0.15) is 16.7 Å². The molecule has 6 heteroatoms. The fourth-order valence-electron chi connectivity index (χ4n) is 1.75. The van der Waals surface area contributed by atoms with Crippen LogP contribution in [0.3, 0.4) is 0 Å². The molecule has 1 aliphatic heterocycles. The summed E-state index contributed by atoms with van der Waals surface area (Å²) < 4.78 is 0.928. The molecule has 0 aliphatic carbocycles. The van der Waals surface area contributed by atoms with Gasteiger partial charge < -0.3 is 10.6 Å². The van der Waals surface area contributed by atoms with Gasteiger partial charge in [-0.15, -0.1) is 0 Å². The summed E-state index contributed by atoms with van der Waals surface area (Å²) in [5, 5.41) is 6.62. The average Bonchev–Trinajstić information content (AvgIpc) is 2.35. The van der Waals surface area contributed by atoms with Crippen molar-refractivity contribution in [1.29, 1.82) is 0 Å². The van der Waals surface area contributed by atoms with Gasteiger partial charge in [0.25, 0.3) is 0 Å². The zero-order valence-corrected chi connectivity index (χ0v) is 12.3. The standard InChI is InChI=1S/C11H17BrN4S/c1-2-13-11-14-7-9(12)10(16-11)15-8-3-5-17-6-4-8/h7-8H,2-6H2,1H3,(H2,13,14,15,16). The molecule has 1 saturated heterocycles. The molecule has 0 spiro atoms. The molecule has 1 aromatic heterocycles. The molecule has 0 amide bonds. The van der Waals surface area contributed by atoms with Crippen molar-refractivity contribution in [3.8, 4) is 0 Å². The number of halogens is 1. The molecule has 94 valence electrons. The smallest absolute Gasteiger partial charge is 0.224 e. The zero-order chi connectivity index (χ0) is 12.1. The Labute approximate surface area is 115 Å².